The predicted molar refractivity (Wildman–Crippen MR) is 129 cm³/mol. The van der Waals surface area contributed by atoms with E-state index in [2.05, 4.69) is 4.98 Å². The lowest BCUT2D eigenvalue weighted by Crippen LogP contribution is -2.44. The van der Waals surface area contributed by atoms with Crippen molar-refractivity contribution < 1.29 is 22.7 Å². The van der Waals surface area contributed by atoms with Crippen molar-refractivity contribution in [3.63, 3.8) is 0 Å². The number of aromatic nitrogens is 1. The molecule has 1 N–H and O–H groups in total. The molecule has 3 aliphatic rings. The van der Waals surface area contributed by atoms with Gasteiger partial charge in [0.15, 0.2) is 0 Å². The van der Waals surface area contributed by atoms with Crippen LogP contribution in [0.3, 0.4) is 0 Å². The van der Waals surface area contributed by atoms with Gasteiger partial charge < -0.3 is 9.47 Å². The number of carbonyl (C=O) groups excluding carboxylic acids is 1. The number of methoxy groups -OCH3 is 1. The molecule has 8 heteroatoms. The number of rotatable bonds is 7. The Bertz CT molecular complexity index is 1180. The van der Waals surface area contributed by atoms with E-state index in [4.69, 9.17) is 9.47 Å². The quantitative estimate of drug-likeness (QED) is 0.630. The number of nitrogens with one attached hydrogen (secondary N) is 1. The largest absolute Gasteiger partial charge is 0.493 e. The van der Waals surface area contributed by atoms with Crippen molar-refractivity contribution in [2.24, 2.45) is 29.6 Å². The molecule has 0 saturated heterocycles. The van der Waals surface area contributed by atoms with Crippen molar-refractivity contribution in [1.82, 2.24) is 9.71 Å². The molecule has 182 valence electrons. The van der Waals surface area contributed by atoms with Gasteiger partial charge in [-0.3, -0.25) is 4.79 Å². The van der Waals surface area contributed by atoms with Gasteiger partial charge >= 0.3 is 0 Å². The van der Waals surface area contributed by atoms with E-state index in [0.717, 1.165) is 29.9 Å². The summed E-state index contributed by atoms with van der Waals surface area (Å²) in [5, 5.41) is 0. The van der Waals surface area contributed by atoms with Gasteiger partial charge in [0, 0.05) is 22.9 Å². The molecular weight excluding hydrogens is 452 g/mol. The fraction of sp³-hybridized carbons (Fsp3) is 0.538. The Kier molecular flexibility index (Phi) is 6.27. The van der Waals surface area contributed by atoms with Crippen LogP contribution in [0, 0.1) is 29.6 Å². The molecule has 3 bridgehead atoms. The van der Waals surface area contributed by atoms with Gasteiger partial charge in [-0.05, 0) is 92.0 Å². The van der Waals surface area contributed by atoms with E-state index >= 15 is 0 Å². The number of sulfonamides is 1. The van der Waals surface area contributed by atoms with Crippen molar-refractivity contribution in [1.29, 1.82) is 0 Å². The Morgan fingerprint density at radius 3 is 2.71 bits per heavy atom. The van der Waals surface area contributed by atoms with Crippen LogP contribution in [0.2, 0.25) is 0 Å². The van der Waals surface area contributed by atoms with Gasteiger partial charge in [-0.15, -0.1) is 0 Å². The van der Waals surface area contributed by atoms with E-state index in [0.29, 0.717) is 35.3 Å². The van der Waals surface area contributed by atoms with Crippen molar-refractivity contribution in [2.45, 2.75) is 38.5 Å². The highest BCUT2D eigenvalue weighted by molar-refractivity contribution is 7.89. The van der Waals surface area contributed by atoms with Crippen molar-refractivity contribution >= 4 is 15.9 Å². The fourth-order valence-electron chi connectivity index (χ4n) is 6.66. The van der Waals surface area contributed by atoms with Crippen LogP contribution in [0.1, 0.15) is 48.9 Å². The fourth-order valence-corrected chi connectivity index (χ4v) is 7.12. The lowest BCUT2D eigenvalue weighted by atomic mass is 9.54. The zero-order chi connectivity index (χ0) is 23.9. The number of nitrogens with zero attached hydrogens (tertiary/aromatic N) is 1. The molecule has 34 heavy (non-hydrogen) atoms. The maximum atomic E-state index is 12.5. The van der Waals surface area contributed by atoms with Crippen LogP contribution in [0.5, 0.6) is 11.6 Å². The number of hydrogen-bond donors (Lipinski definition) is 1. The second kappa shape index (κ2) is 9.21. The molecule has 1 aromatic carbocycles. The summed E-state index contributed by atoms with van der Waals surface area (Å²) < 4.78 is 37.1. The van der Waals surface area contributed by atoms with Gasteiger partial charge in [0.2, 0.25) is 15.9 Å². The maximum Gasteiger partial charge on any atom is 0.264 e. The van der Waals surface area contributed by atoms with Crippen LogP contribution in [0.25, 0.3) is 11.1 Å². The lowest BCUT2D eigenvalue weighted by Gasteiger charge is -2.52. The summed E-state index contributed by atoms with van der Waals surface area (Å²) in [7, 11) is -2.13. The summed E-state index contributed by atoms with van der Waals surface area (Å²) >= 11 is 0. The molecule has 5 atom stereocenters. The summed E-state index contributed by atoms with van der Waals surface area (Å²) in [5.74, 6) is 4.27. The molecule has 1 heterocycles. The molecule has 2 aromatic rings. The zero-order valence-electron chi connectivity index (χ0n) is 19.7. The molecule has 0 aliphatic heterocycles. The zero-order valence-corrected chi connectivity index (χ0v) is 20.5. The number of benzene rings is 1. The minimum atomic E-state index is -3.68. The van der Waals surface area contributed by atoms with E-state index < -0.39 is 15.9 Å². The molecule has 7 nitrogen and oxygen atoms in total. The third-order valence-electron chi connectivity index (χ3n) is 7.92. The molecule has 3 saturated carbocycles. The van der Waals surface area contributed by atoms with Gasteiger partial charge in [-0.25, -0.2) is 18.1 Å². The standard InChI is InChI=1S/C26H32N2O5S/c1-32-26-22(4-3-9-27-26)23-14-18(25(29)28-34(2,30)31)6-8-24(23)33-15-20-13-17-10-16-5-7-21(20)19(11-16)12-17/h3-4,6,8-9,14,16-17,19-21H,5,7,10-13,15H2,1-2H3,(H,28,29). The van der Waals surface area contributed by atoms with Crippen molar-refractivity contribution in [3.05, 3.63) is 42.1 Å². The number of amides is 1. The highest BCUT2D eigenvalue weighted by atomic mass is 32.2. The first-order valence-corrected chi connectivity index (χ1v) is 14.0. The van der Waals surface area contributed by atoms with E-state index in [1.807, 2.05) is 10.8 Å². The van der Waals surface area contributed by atoms with Gasteiger partial charge in [-0.2, -0.15) is 0 Å². The van der Waals surface area contributed by atoms with Crippen molar-refractivity contribution in [2.75, 3.05) is 20.0 Å². The number of hydrogen-bond acceptors (Lipinski definition) is 6. The molecule has 5 rings (SSSR count). The molecule has 3 aliphatic carbocycles. The average Bonchev–Trinajstić information content (AvgIpc) is 2.80. The predicted octanol–water partition coefficient (Wildman–Crippen LogP) is 4.29. The summed E-state index contributed by atoms with van der Waals surface area (Å²) in [6, 6.07) is 8.66. The van der Waals surface area contributed by atoms with Crippen LogP contribution in [0.4, 0.5) is 0 Å². The van der Waals surface area contributed by atoms with E-state index in [-0.39, 0.29) is 5.56 Å². The molecule has 1 aromatic heterocycles. The van der Waals surface area contributed by atoms with Gasteiger partial charge in [0.05, 0.1) is 20.0 Å². The van der Waals surface area contributed by atoms with Gasteiger partial charge in [-0.1, -0.05) is 6.42 Å². The average molecular weight is 485 g/mol. The van der Waals surface area contributed by atoms with Gasteiger partial charge in [0.1, 0.15) is 5.75 Å². The minimum Gasteiger partial charge on any atom is -0.493 e. The third-order valence-corrected chi connectivity index (χ3v) is 8.48. The second-order valence-corrected chi connectivity index (χ2v) is 12.0. The number of ether oxygens (including phenoxy) is 2. The molecular formula is C26H32N2O5S. The smallest absolute Gasteiger partial charge is 0.264 e. The second-order valence-electron chi connectivity index (χ2n) is 10.2. The van der Waals surface area contributed by atoms with Gasteiger partial charge in [0.25, 0.3) is 5.91 Å². The van der Waals surface area contributed by atoms with Crippen LogP contribution in [-0.2, 0) is 10.0 Å². The summed E-state index contributed by atoms with van der Waals surface area (Å²) in [5.41, 5.74) is 1.57. The molecule has 5 unspecified atom stereocenters. The third kappa shape index (κ3) is 4.78. The molecule has 0 spiro atoms. The minimum absolute atomic E-state index is 0.226. The Labute approximate surface area is 201 Å². The first kappa shape index (κ1) is 23.1. The topological polar surface area (TPSA) is 94.6 Å². The number of pyridine rings is 1. The first-order chi connectivity index (χ1) is 16.3. The van der Waals surface area contributed by atoms with Crippen LogP contribution in [0.15, 0.2) is 36.5 Å². The van der Waals surface area contributed by atoms with Crippen LogP contribution >= 0.6 is 0 Å². The Morgan fingerprint density at radius 2 is 1.91 bits per heavy atom. The van der Waals surface area contributed by atoms with E-state index in [9.17, 15) is 13.2 Å². The van der Waals surface area contributed by atoms with E-state index in [1.54, 1.807) is 37.6 Å². The maximum absolute atomic E-state index is 12.5. The Hall–Kier alpha value is -2.61. The number of fused-ring (bicyclic) bond motifs is 2. The summed E-state index contributed by atoms with van der Waals surface area (Å²) in [6.07, 6.45) is 10.7. The lowest BCUT2D eigenvalue weighted by molar-refractivity contribution is -0.0259. The Balaban J connectivity index is 1.43. The summed E-state index contributed by atoms with van der Waals surface area (Å²) in [6.45, 7) is 0.646. The highest BCUT2D eigenvalue weighted by Crippen LogP contribution is 2.54. The Morgan fingerprint density at radius 1 is 1.09 bits per heavy atom. The van der Waals surface area contributed by atoms with Crippen LogP contribution < -0.4 is 14.2 Å². The normalized spacial score (nSPS) is 27.8. The van der Waals surface area contributed by atoms with Crippen molar-refractivity contribution in [3.8, 4) is 22.8 Å². The monoisotopic (exact) mass is 484 g/mol. The first-order valence-electron chi connectivity index (χ1n) is 12.1. The SMILES string of the molecule is COc1ncccc1-c1cc(C(=O)NS(C)(=O)=O)ccc1OCC1CC2CC3CCC1C(C3)C2. The highest BCUT2D eigenvalue weighted by Gasteiger charge is 2.45. The molecule has 3 fully saturated rings. The summed E-state index contributed by atoms with van der Waals surface area (Å²) in [4.78, 5) is 16.8. The van der Waals surface area contributed by atoms with E-state index in [1.165, 1.54) is 38.5 Å². The number of carbonyl (C=O) groups is 1. The molecule has 1 amide bonds. The van der Waals surface area contributed by atoms with Crippen LogP contribution in [-0.4, -0.2) is 39.3 Å². The molecule has 0 radical (unpaired) electrons.